The number of anilines is 1. The van der Waals surface area contributed by atoms with Gasteiger partial charge in [0.15, 0.2) is 0 Å². The van der Waals surface area contributed by atoms with Crippen LogP contribution in [0.2, 0.25) is 5.02 Å². The van der Waals surface area contributed by atoms with E-state index in [0.29, 0.717) is 35.8 Å². The minimum atomic E-state index is -0.236. The van der Waals surface area contributed by atoms with Gasteiger partial charge in [-0.3, -0.25) is 9.59 Å². The number of carbonyl (C=O) groups excluding carboxylic acids is 2. The number of hydrogen-bond acceptors (Lipinski definition) is 3. The molecule has 0 aromatic heterocycles. The molecule has 0 unspecified atom stereocenters. The van der Waals surface area contributed by atoms with Crippen LogP contribution < -0.4 is 10.1 Å². The van der Waals surface area contributed by atoms with E-state index < -0.39 is 0 Å². The van der Waals surface area contributed by atoms with Gasteiger partial charge in [0.25, 0.3) is 0 Å². The molecule has 0 radical (unpaired) electrons. The van der Waals surface area contributed by atoms with E-state index in [1.165, 1.54) is 0 Å². The van der Waals surface area contributed by atoms with Crippen molar-refractivity contribution in [1.29, 1.82) is 0 Å². The first kappa shape index (κ1) is 19.8. The summed E-state index contributed by atoms with van der Waals surface area (Å²) in [6.45, 7) is 2.36. The Morgan fingerprint density at radius 1 is 1.15 bits per heavy atom. The van der Waals surface area contributed by atoms with Crippen LogP contribution in [0.1, 0.15) is 18.9 Å². The second kappa shape index (κ2) is 9.82. The maximum atomic E-state index is 12.4. The number of aryl methyl sites for hydroxylation is 1. The number of ether oxygens (including phenoxy) is 1. The molecule has 0 aliphatic carbocycles. The van der Waals surface area contributed by atoms with Gasteiger partial charge in [-0.15, -0.1) is 0 Å². The third-order valence-electron chi connectivity index (χ3n) is 3.96. The van der Waals surface area contributed by atoms with E-state index in [4.69, 9.17) is 16.3 Å². The molecule has 0 fully saturated rings. The summed E-state index contributed by atoms with van der Waals surface area (Å²) in [6, 6.07) is 14.5. The molecule has 0 aliphatic rings. The Labute approximate surface area is 158 Å². The minimum absolute atomic E-state index is 0.0210. The lowest BCUT2D eigenvalue weighted by atomic mass is 10.1. The van der Waals surface area contributed by atoms with Crippen molar-refractivity contribution in [2.24, 2.45) is 0 Å². The van der Waals surface area contributed by atoms with Gasteiger partial charge in [-0.2, -0.15) is 0 Å². The number of methoxy groups -OCH3 is 1. The second-order valence-corrected chi connectivity index (χ2v) is 6.25. The third kappa shape index (κ3) is 6.08. The maximum Gasteiger partial charge on any atom is 0.243 e. The fraction of sp³-hybridized carbons (Fsp3) is 0.300. The van der Waals surface area contributed by atoms with Crippen LogP contribution in [0.3, 0.4) is 0 Å². The van der Waals surface area contributed by atoms with Crippen LogP contribution in [0.15, 0.2) is 48.5 Å². The number of rotatable bonds is 8. The van der Waals surface area contributed by atoms with Crippen LogP contribution in [-0.2, 0) is 16.0 Å². The summed E-state index contributed by atoms with van der Waals surface area (Å²) >= 11 is 5.86. The molecule has 2 aromatic rings. The molecular formula is C20H23ClN2O3. The van der Waals surface area contributed by atoms with Crippen molar-refractivity contribution >= 4 is 29.1 Å². The maximum absolute atomic E-state index is 12.4. The topological polar surface area (TPSA) is 58.6 Å². The first-order valence-electron chi connectivity index (χ1n) is 8.48. The Kier molecular flexibility index (Phi) is 7.48. The number of nitrogens with one attached hydrogen (secondary N) is 1. The number of hydrogen-bond donors (Lipinski definition) is 1. The first-order valence-corrected chi connectivity index (χ1v) is 8.85. The molecule has 5 nitrogen and oxygen atoms in total. The fourth-order valence-electron chi connectivity index (χ4n) is 2.51. The van der Waals surface area contributed by atoms with Crippen molar-refractivity contribution in [3.8, 4) is 5.75 Å². The Morgan fingerprint density at radius 3 is 2.54 bits per heavy atom. The van der Waals surface area contributed by atoms with Gasteiger partial charge >= 0.3 is 0 Å². The van der Waals surface area contributed by atoms with Crippen LogP contribution in [0.25, 0.3) is 0 Å². The highest BCUT2D eigenvalue weighted by atomic mass is 35.5. The summed E-state index contributed by atoms with van der Waals surface area (Å²) in [7, 11) is 1.57. The smallest absolute Gasteiger partial charge is 0.243 e. The SMILES string of the molecule is CCN(CC(=O)Nc1cccc(OC)c1)C(=O)CCc1ccc(Cl)cc1. The Bertz CT molecular complexity index is 747. The zero-order valence-corrected chi connectivity index (χ0v) is 15.8. The van der Waals surface area contributed by atoms with Crippen molar-refractivity contribution in [3.05, 3.63) is 59.1 Å². The van der Waals surface area contributed by atoms with Crippen molar-refractivity contribution in [2.75, 3.05) is 25.5 Å². The first-order chi connectivity index (χ1) is 12.5. The summed E-state index contributed by atoms with van der Waals surface area (Å²) < 4.78 is 5.13. The van der Waals surface area contributed by atoms with Gasteiger partial charge in [0, 0.05) is 29.7 Å². The molecule has 0 saturated carbocycles. The molecule has 6 heteroatoms. The summed E-state index contributed by atoms with van der Waals surface area (Å²) in [6.07, 6.45) is 0.964. The average Bonchev–Trinajstić information content (AvgIpc) is 2.65. The van der Waals surface area contributed by atoms with Crippen LogP contribution >= 0.6 is 11.6 Å². The molecule has 2 amide bonds. The van der Waals surface area contributed by atoms with E-state index in [2.05, 4.69) is 5.32 Å². The Balaban J connectivity index is 1.87. The van der Waals surface area contributed by atoms with Gasteiger partial charge in [-0.1, -0.05) is 29.8 Å². The number of carbonyl (C=O) groups is 2. The van der Waals surface area contributed by atoms with E-state index in [0.717, 1.165) is 5.56 Å². The molecule has 0 heterocycles. The normalized spacial score (nSPS) is 10.3. The predicted molar refractivity (Wildman–Crippen MR) is 104 cm³/mol. The van der Waals surface area contributed by atoms with Crippen LogP contribution in [0.5, 0.6) is 5.75 Å². The Hall–Kier alpha value is -2.53. The molecule has 0 aliphatic heterocycles. The quantitative estimate of drug-likeness (QED) is 0.765. The van der Waals surface area contributed by atoms with Gasteiger partial charge in [0.1, 0.15) is 5.75 Å². The predicted octanol–water partition coefficient (Wildman–Crippen LogP) is 3.77. The van der Waals surface area contributed by atoms with Gasteiger partial charge in [-0.25, -0.2) is 0 Å². The van der Waals surface area contributed by atoms with Crippen molar-refractivity contribution < 1.29 is 14.3 Å². The second-order valence-electron chi connectivity index (χ2n) is 5.81. The lowest BCUT2D eigenvalue weighted by molar-refractivity contribution is -0.134. The fourth-order valence-corrected chi connectivity index (χ4v) is 2.64. The third-order valence-corrected chi connectivity index (χ3v) is 4.22. The van der Waals surface area contributed by atoms with Gasteiger partial charge in [0.05, 0.1) is 13.7 Å². The van der Waals surface area contributed by atoms with Gasteiger partial charge < -0.3 is 15.0 Å². The van der Waals surface area contributed by atoms with Crippen molar-refractivity contribution in [3.63, 3.8) is 0 Å². The monoisotopic (exact) mass is 374 g/mol. The van der Waals surface area contributed by atoms with E-state index in [1.807, 2.05) is 19.1 Å². The van der Waals surface area contributed by atoms with Crippen LogP contribution in [-0.4, -0.2) is 36.9 Å². The molecule has 26 heavy (non-hydrogen) atoms. The molecule has 2 aromatic carbocycles. The summed E-state index contributed by atoms with van der Waals surface area (Å²) in [5.41, 5.74) is 1.68. The highest BCUT2D eigenvalue weighted by Gasteiger charge is 2.15. The van der Waals surface area contributed by atoms with Crippen LogP contribution in [0, 0.1) is 0 Å². The van der Waals surface area contributed by atoms with Crippen molar-refractivity contribution in [2.45, 2.75) is 19.8 Å². The molecule has 1 N–H and O–H groups in total. The number of benzene rings is 2. The largest absolute Gasteiger partial charge is 0.497 e. The van der Waals surface area contributed by atoms with E-state index in [-0.39, 0.29) is 18.4 Å². The van der Waals surface area contributed by atoms with Crippen molar-refractivity contribution in [1.82, 2.24) is 4.90 Å². The number of halogens is 1. The minimum Gasteiger partial charge on any atom is -0.497 e. The van der Waals surface area contributed by atoms with E-state index in [9.17, 15) is 9.59 Å². The molecule has 0 atom stereocenters. The molecule has 0 saturated heterocycles. The number of likely N-dealkylation sites (N-methyl/N-ethyl adjacent to an activating group) is 1. The van der Waals surface area contributed by atoms with Gasteiger partial charge in [-0.05, 0) is 43.2 Å². The molecule has 138 valence electrons. The van der Waals surface area contributed by atoms with E-state index >= 15 is 0 Å². The summed E-state index contributed by atoms with van der Waals surface area (Å²) in [4.78, 5) is 26.2. The average molecular weight is 375 g/mol. The Morgan fingerprint density at radius 2 is 1.88 bits per heavy atom. The standard InChI is InChI=1S/C20H23ClN2O3/c1-3-23(20(25)12-9-15-7-10-16(21)11-8-15)14-19(24)22-17-5-4-6-18(13-17)26-2/h4-8,10-11,13H,3,9,12,14H2,1-2H3,(H,22,24). The highest BCUT2D eigenvalue weighted by Crippen LogP contribution is 2.16. The van der Waals surface area contributed by atoms with Gasteiger partial charge in [0.2, 0.25) is 11.8 Å². The highest BCUT2D eigenvalue weighted by molar-refractivity contribution is 6.30. The number of nitrogens with zero attached hydrogens (tertiary/aromatic N) is 1. The van der Waals surface area contributed by atoms with Crippen LogP contribution in [0.4, 0.5) is 5.69 Å². The summed E-state index contributed by atoms with van der Waals surface area (Å²) in [5, 5.41) is 3.46. The molecule has 0 bridgehead atoms. The molecular weight excluding hydrogens is 352 g/mol. The molecule has 2 rings (SSSR count). The lowest BCUT2D eigenvalue weighted by Crippen LogP contribution is -2.38. The van der Waals surface area contributed by atoms with E-state index in [1.54, 1.807) is 48.4 Å². The zero-order chi connectivity index (χ0) is 18.9. The lowest BCUT2D eigenvalue weighted by Gasteiger charge is -2.20. The summed E-state index contributed by atoms with van der Waals surface area (Å²) in [5.74, 6) is 0.373. The zero-order valence-electron chi connectivity index (χ0n) is 15.0. The number of amides is 2. The molecule has 0 spiro atoms.